The predicted molar refractivity (Wildman–Crippen MR) is 101 cm³/mol. The number of para-hydroxylation sites is 4. The van der Waals surface area contributed by atoms with E-state index >= 15 is 0 Å². The van der Waals surface area contributed by atoms with Gasteiger partial charge in [-0.3, -0.25) is 0 Å². The number of aromatic carboxylic acids is 1. The summed E-state index contributed by atoms with van der Waals surface area (Å²) in [6, 6.07) is 18.5. The number of phenolic OH excluding ortho intramolecular Hbond substituents is 2. The third-order valence-electron chi connectivity index (χ3n) is 3.53. The van der Waals surface area contributed by atoms with Gasteiger partial charge in [-0.1, -0.05) is 36.4 Å². The number of carboxylic acids is 1. The second kappa shape index (κ2) is 9.63. The maximum atomic E-state index is 11.8. The van der Waals surface area contributed by atoms with Crippen LogP contribution in [-0.4, -0.2) is 34.4 Å². The van der Waals surface area contributed by atoms with Gasteiger partial charge >= 0.3 is 11.9 Å². The quantitative estimate of drug-likeness (QED) is 0.466. The molecule has 0 aliphatic carbocycles. The summed E-state index contributed by atoms with van der Waals surface area (Å²) >= 11 is 0. The highest BCUT2D eigenvalue weighted by molar-refractivity contribution is 5.96. The maximum Gasteiger partial charge on any atom is 0.347 e. The first-order chi connectivity index (χ1) is 13.4. The first-order valence-corrected chi connectivity index (χ1v) is 8.08. The van der Waals surface area contributed by atoms with Crippen LogP contribution < -0.4 is 9.47 Å². The van der Waals surface area contributed by atoms with Gasteiger partial charge in [-0.05, 0) is 36.4 Å². The van der Waals surface area contributed by atoms with E-state index in [1.807, 2.05) is 0 Å². The van der Waals surface area contributed by atoms with Crippen LogP contribution in [0.4, 0.5) is 0 Å². The Morgan fingerprint density at radius 1 is 0.714 bits per heavy atom. The number of phenols is 2. The monoisotopic (exact) mass is 382 g/mol. The minimum absolute atomic E-state index is 0.0253. The molecule has 0 radical (unpaired) electrons. The molecule has 0 heterocycles. The molecule has 3 rings (SSSR count). The molecular formula is C21H18O7. The zero-order valence-corrected chi connectivity index (χ0v) is 14.9. The summed E-state index contributed by atoms with van der Waals surface area (Å²) in [6.45, 7) is 0. The van der Waals surface area contributed by atoms with Crippen LogP contribution in [0.5, 0.6) is 23.0 Å². The van der Waals surface area contributed by atoms with E-state index in [1.54, 1.807) is 42.5 Å². The van der Waals surface area contributed by atoms with Crippen molar-refractivity contribution in [3.63, 3.8) is 0 Å². The molecule has 0 saturated heterocycles. The zero-order chi connectivity index (χ0) is 20.5. The van der Waals surface area contributed by atoms with E-state index in [0.29, 0.717) is 5.75 Å². The second-order valence-corrected chi connectivity index (χ2v) is 5.38. The van der Waals surface area contributed by atoms with Gasteiger partial charge in [0, 0.05) is 0 Å². The summed E-state index contributed by atoms with van der Waals surface area (Å²) < 4.78 is 9.79. The molecule has 144 valence electrons. The number of methoxy groups -OCH3 is 1. The Balaban J connectivity index is 0.000000261. The molecule has 3 aromatic carbocycles. The molecule has 0 fully saturated rings. The van der Waals surface area contributed by atoms with Crippen LogP contribution in [0.25, 0.3) is 0 Å². The number of ether oxygens (including phenoxy) is 2. The molecule has 0 atom stereocenters. The van der Waals surface area contributed by atoms with Gasteiger partial charge in [0.15, 0.2) is 11.5 Å². The topological polar surface area (TPSA) is 113 Å². The first kappa shape index (κ1) is 20.3. The van der Waals surface area contributed by atoms with Crippen LogP contribution in [0.3, 0.4) is 0 Å². The molecule has 28 heavy (non-hydrogen) atoms. The molecule has 0 aromatic heterocycles. The van der Waals surface area contributed by atoms with E-state index in [1.165, 1.54) is 37.4 Å². The number of hydrogen-bond acceptors (Lipinski definition) is 6. The SMILES string of the molecule is COc1ccccc1O.O=C(Oc1ccccc1C(=O)O)c1ccccc1O. The Bertz CT molecular complexity index is 966. The normalized spacial score (nSPS) is 9.61. The lowest BCUT2D eigenvalue weighted by Gasteiger charge is -2.07. The van der Waals surface area contributed by atoms with E-state index < -0.39 is 11.9 Å². The average Bonchev–Trinajstić information content (AvgIpc) is 2.69. The van der Waals surface area contributed by atoms with Crippen molar-refractivity contribution in [3.8, 4) is 23.0 Å². The highest BCUT2D eigenvalue weighted by Gasteiger charge is 2.17. The number of aromatic hydroxyl groups is 2. The van der Waals surface area contributed by atoms with Gasteiger partial charge in [-0.15, -0.1) is 0 Å². The van der Waals surface area contributed by atoms with Crippen molar-refractivity contribution < 1.29 is 34.4 Å². The van der Waals surface area contributed by atoms with Gasteiger partial charge in [0.2, 0.25) is 0 Å². The third kappa shape index (κ3) is 5.25. The Hall–Kier alpha value is -4.00. The summed E-state index contributed by atoms with van der Waals surface area (Å²) in [5, 5.41) is 27.5. The molecule has 3 N–H and O–H groups in total. The Morgan fingerprint density at radius 3 is 1.71 bits per heavy atom. The summed E-state index contributed by atoms with van der Waals surface area (Å²) in [5.74, 6) is -1.60. The van der Waals surface area contributed by atoms with E-state index in [4.69, 9.17) is 19.7 Å². The molecular weight excluding hydrogens is 364 g/mol. The van der Waals surface area contributed by atoms with Gasteiger partial charge in [0.05, 0.1) is 7.11 Å². The fraction of sp³-hybridized carbons (Fsp3) is 0.0476. The zero-order valence-electron chi connectivity index (χ0n) is 14.9. The summed E-state index contributed by atoms with van der Waals surface area (Å²) in [5.41, 5.74) is -0.144. The molecule has 0 bridgehead atoms. The van der Waals surface area contributed by atoms with E-state index in [2.05, 4.69) is 0 Å². The number of hydrogen-bond donors (Lipinski definition) is 3. The number of carboxylic acid groups (broad SMARTS) is 1. The van der Waals surface area contributed by atoms with Crippen molar-refractivity contribution in [2.75, 3.05) is 7.11 Å². The highest BCUT2D eigenvalue weighted by atomic mass is 16.5. The van der Waals surface area contributed by atoms with Gasteiger partial charge < -0.3 is 24.8 Å². The van der Waals surface area contributed by atoms with Gasteiger partial charge in [-0.25, -0.2) is 9.59 Å². The lowest BCUT2D eigenvalue weighted by molar-refractivity contribution is 0.0681. The van der Waals surface area contributed by atoms with Crippen molar-refractivity contribution in [2.45, 2.75) is 0 Å². The van der Waals surface area contributed by atoms with Crippen LogP contribution in [0.1, 0.15) is 20.7 Å². The molecule has 0 saturated carbocycles. The fourth-order valence-electron chi connectivity index (χ4n) is 2.16. The standard InChI is InChI=1S/C14H10O5.C7H8O2/c15-11-7-3-1-5-9(11)14(18)19-12-8-4-2-6-10(12)13(16)17;1-9-7-5-3-2-4-6(7)8/h1-8,15H,(H,16,17);2-5,8H,1H3. The molecule has 0 aliphatic heterocycles. The van der Waals surface area contributed by atoms with Crippen molar-refractivity contribution in [3.05, 3.63) is 83.9 Å². The van der Waals surface area contributed by atoms with E-state index in [-0.39, 0.29) is 28.4 Å². The lowest BCUT2D eigenvalue weighted by Crippen LogP contribution is -2.11. The first-order valence-electron chi connectivity index (χ1n) is 8.08. The van der Waals surface area contributed by atoms with Gasteiger partial charge in [0.1, 0.15) is 22.6 Å². The molecule has 7 nitrogen and oxygen atoms in total. The summed E-state index contributed by atoms with van der Waals surface area (Å²) in [4.78, 5) is 22.8. The Morgan fingerprint density at radius 2 is 1.21 bits per heavy atom. The lowest BCUT2D eigenvalue weighted by atomic mass is 10.2. The summed E-state index contributed by atoms with van der Waals surface area (Å²) in [6.07, 6.45) is 0. The fourth-order valence-corrected chi connectivity index (χ4v) is 2.16. The van der Waals surface area contributed by atoms with Crippen molar-refractivity contribution >= 4 is 11.9 Å². The van der Waals surface area contributed by atoms with E-state index in [9.17, 15) is 14.7 Å². The molecule has 0 amide bonds. The van der Waals surface area contributed by atoms with Gasteiger partial charge in [-0.2, -0.15) is 0 Å². The maximum absolute atomic E-state index is 11.8. The number of rotatable bonds is 4. The molecule has 0 spiro atoms. The minimum Gasteiger partial charge on any atom is -0.507 e. The Labute approximate surface area is 161 Å². The number of benzene rings is 3. The number of carbonyl (C=O) groups excluding carboxylic acids is 1. The Kier molecular flexibility index (Phi) is 6.99. The smallest absolute Gasteiger partial charge is 0.347 e. The van der Waals surface area contributed by atoms with Crippen molar-refractivity contribution in [1.82, 2.24) is 0 Å². The molecule has 3 aromatic rings. The highest BCUT2D eigenvalue weighted by Crippen LogP contribution is 2.23. The van der Waals surface area contributed by atoms with Crippen molar-refractivity contribution in [2.24, 2.45) is 0 Å². The van der Waals surface area contributed by atoms with Gasteiger partial charge in [0.25, 0.3) is 0 Å². The predicted octanol–water partition coefficient (Wildman–Crippen LogP) is 3.71. The second-order valence-electron chi connectivity index (χ2n) is 5.38. The minimum atomic E-state index is -1.19. The number of carbonyl (C=O) groups is 2. The van der Waals surface area contributed by atoms with Crippen molar-refractivity contribution in [1.29, 1.82) is 0 Å². The van der Waals surface area contributed by atoms with Crippen LogP contribution in [-0.2, 0) is 0 Å². The number of esters is 1. The third-order valence-corrected chi connectivity index (χ3v) is 3.53. The average molecular weight is 382 g/mol. The van der Waals surface area contributed by atoms with Crippen LogP contribution in [0.2, 0.25) is 0 Å². The molecule has 0 aliphatic rings. The van der Waals surface area contributed by atoms with Crippen LogP contribution in [0.15, 0.2) is 72.8 Å². The molecule has 7 heteroatoms. The molecule has 0 unspecified atom stereocenters. The van der Waals surface area contributed by atoms with Crippen LogP contribution in [0, 0.1) is 0 Å². The summed E-state index contributed by atoms with van der Waals surface area (Å²) in [7, 11) is 1.52. The largest absolute Gasteiger partial charge is 0.507 e. The van der Waals surface area contributed by atoms with Crippen LogP contribution >= 0.6 is 0 Å². The van der Waals surface area contributed by atoms with E-state index in [0.717, 1.165) is 0 Å².